The number of hydrogen-bond donors (Lipinski definition) is 0. The van der Waals surface area contributed by atoms with Gasteiger partial charge >= 0.3 is 0 Å². The molecule has 1 heterocycles. The van der Waals surface area contributed by atoms with Gasteiger partial charge in [-0.2, -0.15) is 5.10 Å². The first-order valence-corrected chi connectivity index (χ1v) is 6.89. The molecule has 0 N–H and O–H groups in total. The summed E-state index contributed by atoms with van der Waals surface area (Å²) in [5.74, 6) is 0. The summed E-state index contributed by atoms with van der Waals surface area (Å²) in [6.07, 6.45) is 1.04. The van der Waals surface area contributed by atoms with Gasteiger partial charge in [0.15, 0.2) is 0 Å². The van der Waals surface area contributed by atoms with E-state index in [2.05, 4.69) is 25.1 Å². The topological polar surface area (TPSA) is 17.8 Å². The summed E-state index contributed by atoms with van der Waals surface area (Å²) in [7, 11) is 0. The maximum absolute atomic E-state index is 6.34. The Morgan fingerprint density at radius 3 is 2.58 bits per heavy atom. The first-order valence-electron chi connectivity index (χ1n) is 6.51. The first-order chi connectivity index (χ1) is 9.31. The van der Waals surface area contributed by atoms with E-state index in [-0.39, 0.29) is 0 Å². The summed E-state index contributed by atoms with van der Waals surface area (Å²) in [6, 6.07) is 16.2. The molecule has 3 rings (SSSR count). The van der Waals surface area contributed by atoms with Crippen molar-refractivity contribution in [2.45, 2.75) is 19.9 Å². The molecule has 0 saturated heterocycles. The van der Waals surface area contributed by atoms with Gasteiger partial charge in [0.1, 0.15) is 5.69 Å². The smallest absolute Gasteiger partial charge is 0.100 e. The van der Waals surface area contributed by atoms with Gasteiger partial charge in [0, 0.05) is 17.5 Å². The van der Waals surface area contributed by atoms with E-state index in [1.165, 1.54) is 0 Å². The Kier molecular flexibility index (Phi) is 3.26. The van der Waals surface area contributed by atoms with Crippen molar-refractivity contribution in [3.63, 3.8) is 0 Å². The average Bonchev–Trinajstić information content (AvgIpc) is 2.81. The molecular weight excluding hydrogens is 256 g/mol. The number of rotatable bonds is 3. The molecule has 0 unspecified atom stereocenters. The van der Waals surface area contributed by atoms with Crippen LogP contribution < -0.4 is 0 Å². The summed E-state index contributed by atoms with van der Waals surface area (Å²) in [5, 5.41) is 6.62. The van der Waals surface area contributed by atoms with Crippen molar-refractivity contribution in [1.29, 1.82) is 0 Å². The van der Waals surface area contributed by atoms with Gasteiger partial charge in [0.2, 0.25) is 0 Å². The monoisotopic (exact) mass is 270 g/mol. The quantitative estimate of drug-likeness (QED) is 0.670. The van der Waals surface area contributed by atoms with Crippen molar-refractivity contribution in [2.75, 3.05) is 0 Å². The van der Waals surface area contributed by atoms with Crippen LogP contribution >= 0.6 is 11.6 Å². The van der Waals surface area contributed by atoms with E-state index in [9.17, 15) is 0 Å². The molecule has 0 aliphatic carbocycles. The zero-order valence-corrected chi connectivity index (χ0v) is 11.6. The van der Waals surface area contributed by atoms with E-state index in [1.807, 2.05) is 35.0 Å². The van der Waals surface area contributed by atoms with Crippen molar-refractivity contribution in [3.05, 3.63) is 53.6 Å². The number of nitrogens with zero attached hydrogens (tertiary/aromatic N) is 2. The molecule has 0 radical (unpaired) electrons. The number of halogens is 1. The average molecular weight is 271 g/mol. The highest BCUT2D eigenvalue weighted by molar-refractivity contribution is 6.35. The molecule has 0 saturated carbocycles. The lowest BCUT2D eigenvalue weighted by Crippen LogP contribution is -1.99. The lowest BCUT2D eigenvalue weighted by Gasteiger charge is -2.01. The number of para-hydroxylation sites is 1. The van der Waals surface area contributed by atoms with E-state index in [0.29, 0.717) is 0 Å². The third-order valence-corrected chi connectivity index (χ3v) is 3.51. The van der Waals surface area contributed by atoms with E-state index < -0.39 is 0 Å². The molecule has 0 amide bonds. The summed E-state index contributed by atoms with van der Waals surface area (Å²) in [5.41, 5.74) is 3.17. The molecule has 2 aromatic carbocycles. The summed E-state index contributed by atoms with van der Waals surface area (Å²) < 4.78 is 2.01. The van der Waals surface area contributed by atoms with Crippen molar-refractivity contribution in [3.8, 4) is 11.3 Å². The number of aryl methyl sites for hydroxylation is 1. The van der Waals surface area contributed by atoms with Crippen LogP contribution in [0.2, 0.25) is 5.02 Å². The summed E-state index contributed by atoms with van der Waals surface area (Å²) in [6.45, 7) is 3.03. The Balaban J connectivity index is 2.29. The Bertz CT molecular complexity index is 701. The zero-order chi connectivity index (χ0) is 13.2. The van der Waals surface area contributed by atoms with Crippen molar-refractivity contribution in [1.82, 2.24) is 9.78 Å². The Labute approximate surface area is 117 Å². The van der Waals surface area contributed by atoms with Gasteiger partial charge < -0.3 is 0 Å². The number of benzene rings is 2. The molecule has 96 valence electrons. The second-order valence-electron chi connectivity index (χ2n) is 4.57. The molecular formula is C16H15ClN2. The van der Waals surface area contributed by atoms with Crippen LogP contribution in [0.4, 0.5) is 0 Å². The second kappa shape index (κ2) is 5.06. The van der Waals surface area contributed by atoms with Crippen molar-refractivity contribution in [2.24, 2.45) is 0 Å². The highest BCUT2D eigenvalue weighted by Gasteiger charge is 2.13. The molecule has 0 aliphatic heterocycles. The highest BCUT2D eigenvalue weighted by atomic mass is 35.5. The molecule has 3 aromatic rings. The van der Waals surface area contributed by atoms with Gasteiger partial charge in [-0.1, -0.05) is 61.0 Å². The molecule has 1 aromatic heterocycles. The molecule has 19 heavy (non-hydrogen) atoms. The zero-order valence-electron chi connectivity index (χ0n) is 10.8. The van der Waals surface area contributed by atoms with Crippen LogP contribution in [0, 0.1) is 0 Å². The first kappa shape index (κ1) is 12.2. The van der Waals surface area contributed by atoms with Crippen LogP contribution in [-0.4, -0.2) is 9.78 Å². The Morgan fingerprint density at radius 1 is 1.05 bits per heavy atom. The van der Waals surface area contributed by atoms with Crippen LogP contribution in [0.25, 0.3) is 22.2 Å². The predicted octanol–water partition coefficient (Wildman–Crippen LogP) is 4.77. The van der Waals surface area contributed by atoms with Crippen molar-refractivity contribution >= 4 is 22.5 Å². The fourth-order valence-corrected chi connectivity index (χ4v) is 2.65. The maximum Gasteiger partial charge on any atom is 0.100 e. The standard InChI is InChI=1S/C16H15ClN2/c1-2-11-19-16-13(9-6-10-14(16)17)15(18-19)12-7-4-3-5-8-12/h3-10H,2,11H2,1H3. The van der Waals surface area contributed by atoms with E-state index in [1.54, 1.807) is 0 Å². The minimum Gasteiger partial charge on any atom is -0.263 e. The molecule has 0 spiro atoms. The molecule has 0 atom stereocenters. The maximum atomic E-state index is 6.34. The van der Waals surface area contributed by atoms with Crippen LogP contribution in [0.3, 0.4) is 0 Å². The summed E-state index contributed by atoms with van der Waals surface area (Å²) >= 11 is 6.34. The normalized spacial score (nSPS) is 11.1. The van der Waals surface area contributed by atoms with Gasteiger partial charge in [-0.25, -0.2) is 0 Å². The van der Waals surface area contributed by atoms with Gasteiger partial charge in [0.25, 0.3) is 0 Å². The minimum atomic E-state index is 0.764. The lowest BCUT2D eigenvalue weighted by atomic mass is 10.1. The van der Waals surface area contributed by atoms with Crippen LogP contribution in [0.5, 0.6) is 0 Å². The molecule has 3 heteroatoms. The van der Waals surface area contributed by atoms with Gasteiger partial charge in [-0.15, -0.1) is 0 Å². The van der Waals surface area contributed by atoms with E-state index >= 15 is 0 Å². The molecule has 2 nitrogen and oxygen atoms in total. The second-order valence-corrected chi connectivity index (χ2v) is 4.98. The van der Waals surface area contributed by atoms with Crippen LogP contribution in [0.15, 0.2) is 48.5 Å². The van der Waals surface area contributed by atoms with Crippen LogP contribution in [0.1, 0.15) is 13.3 Å². The fraction of sp³-hybridized carbons (Fsp3) is 0.188. The largest absolute Gasteiger partial charge is 0.263 e. The summed E-state index contributed by atoms with van der Waals surface area (Å²) in [4.78, 5) is 0. The molecule has 0 bridgehead atoms. The third kappa shape index (κ3) is 2.13. The third-order valence-electron chi connectivity index (χ3n) is 3.20. The Hall–Kier alpha value is -1.80. The molecule has 0 aliphatic rings. The SMILES string of the molecule is CCCn1nc(-c2ccccc2)c2cccc(Cl)c21. The van der Waals surface area contributed by atoms with E-state index in [4.69, 9.17) is 16.7 Å². The van der Waals surface area contributed by atoms with Gasteiger partial charge in [0.05, 0.1) is 10.5 Å². The number of fused-ring (bicyclic) bond motifs is 1. The van der Waals surface area contributed by atoms with Gasteiger partial charge in [-0.05, 0) is 12.5 Å². The molecule has 0 fully saturated rings. The predicted molar refractivity (Wildman–Crippen MR) is 80.5 cm³/mol. The number of aromatic nitrogens is 2. The van der Waals surface area contributed by atoms with E-state index in [0.717, 1.165) is 40.1 Å². The number of hydrogen-bond acceptors (Lipinski definition) is 1. The minimum absolute atomic E-state index is 0.764. The van der Waals surface area contributed by atoms with Crippen molar-refractivity contribution < 1.29 is 0 Å². The fourth-order valence-electron chi connectivity index (χ4n) is 2.38. The van der Waals surface area contributed by atoms with Crippen LogP contribution in [-0.2, 0) is 6.54 Å². The van der Waals surface area contributed by atoms with Gasteiger partial charge in [-0.3, -0.25) is 4.68 Å². The Morgan fingerprint density at radius 2 is 1.84 bits per heavy atom. The highest BCUT2D eigenvalue weighted by Crippen LogP contribution is 2.32. The lowest BCUT2D eigenvalue weighted by molar-refractivity contribution is 0.624.